The predicted molar refractivity (Wildman–Crippen MR) is 54.7 cm³/mol. The molecule has 1 heterocycles. The maximum absolute atomic E-state index is 6.04. The molecule has 1 saturated heterocycles. The zero-order valence-corrected chi connectivity index (χ0v) is 9.47. The van der Waals surface area contributed by atoms with Gasteiger partial charge in [-0.15, -0.1) is 0 Å². The van der Waals surface area contributed by atoms with Crippen LogP contribution in [0.25, 0.3) is 0 Å². The number of rotatable bonds is 2. The Kier molecular flexibility index (Phi) is 3.32. The van der Waals surface area contributed by atoms with Gasteiger partial charge in [-0.1, -0.05) is 13.3 Å². The van der Waals surface area contributed by atoms with Crippen molar-refractivity contribution in [1.29, 1.82) is 0 Å². The van der Waals surface area contributed by atoms with Crippen molar-refractivity contribution in [2.75, 3.05) is 0 Å². The Morgan fingerprint density at radius 2 is 2.25 bits per heavy atom. The van der Waals surface area contributed by atoms with Gasteiger partial charge in [-0.3, -0.25) is 0 Å². The zero-order chi connectivity index (χ0) is 9.19. The van der Waals surface area contributed by atoms with Crippen molar-refractivity contribution in [3.63, 3.8) is 0 Å². The van der Waals surface area contributed by atoms with E-state index in [2.05, 4.69) is 20.0 Å². The Hall–Kier alpha value is 0.137. The maximum atomic E-state index is 6.04. The highest BCUT2D eigenvalue weighted by Crippen LogP contribution is 2.27. The lowest BCUT2D eigenvalue weighted by Crippen LogP contribution is -2.47. The normalized spacial score (nSPS) is 31.5. The molecule has 1 aliphatic heterocycles. The molecule has 0 aromatic rings. The summed E-state index contributed by atoms with van der Waals surface area (Å²) in [5.74, 6) is 0. The van der Waals surface area contributed by atoms with Gasteiger partial charge < -0.3 is 10.2 Å². The van der Waals surface area contributed by atoms with Crippen molar-refractivity contribution < 1.29 is 4.43 Å². The molecule has 2 unspecified atom stereocenters. The highest BCUT2D eigenvalue weighted by atomic mass is 28.4. The molecule has 0 saturated carbocycles. The van der Waals surface area contributed by atoms with Gasteiger partial charge in [-0.2, -0.15) is 0 Å². The first kappa shape index (κ1) is 10.2. The third-order valence-corrected chi connectivity index (χ3v) is 5.19. The van der Waals surface area contributed by atoms with Crippen LogP contribution in [0.15, 0.2) is 0 Å². The van der Waals surface area contributed by atoms with E-state index in [1.165, 1.54) is 18.9 Å². The molecule has 0 aromatic carbocycles. The molecule has 0 bridgehead atoms. The summed E-state index contributed by atoms with van der Waals surface area (Å²) in [6.07, 6.45) is 3.88. The standard InChI is InChI=1S/C9H21NOSi/c1-4-8(10)9-6-5-7-12(2,3)11-9/h8-9H,4-7,10H2,1-3H3. The molecular weight excluding hydrogens is 166 g/mol. The molecule has 1 rings (SSSR count). The Morgan fingerprint density at radius 3 is 2.75 bits per heavy atom. The summed E-state index contributed by atoms with van der Waals surface area (Å²) in [4.78, 5) is 0. The van der Waals surface area contributed by atoms with Crippen LogP contribution in [0.4, 0.5) is 0 Å². The van der Waals surface area contributed by atoms with Gasteiger partial charge in [0.05, 0.1) is 6.10 Å². The molecule has 2 N–H and O–H groups in total. The number of nitrogens with two attached hydrogens (primary N) is 1. The lowest BCUT2D eigenvalue weighted by Gasteiger charge is -2.37. The second-order valence-corrected chi connectivity index (χ2v) is 8.64. The molecule has 0 aliphatic carbocycles. The van der Waals surface area contributed by atoms with Gasteiger partial charge >= 0.3 is 0 Å². The molecule has 1 fully saturated rings. The Labute approximate surface area is 76.6 Å². The van der Waals surface area contributed by atoms with E-state index in [9.17, 15) is 0 Å². The first-order valence-corrected chi connectivity index (χ1v) is 8.10. The summed E-state index contributed by atoms with van der Waals surface area (Å²) in [5.41, 5.74) is 5.97. The van der Waals surface area contributed by atoms with E-state index in [1.54, 1.807) is 0 Å². The molecule has 0 radical (unpaired) electrons. The molecule has 1 aliphatic rings. The summed E-state index contributed by atoms with van der Waals surface area (Å²) >= 11 is 0. The van der Waals surface area contributed by atoms with Gasteiger partial charge in [0.2, 0.25) is 0 Å². The molecule has 2 nitrogen and oxygen atoms in total. The molecular formula is C9H21NOSi. The third-order valence-electron chi connectivity index (χ3n) is 2.69. The minimum absolute atomic E-state index is 0.261. The van der Waals surface area contributed by atoms with Gasteiger partial charge in [0, 0.05) is 6.04 Å². The van der Waals surface area contributed by atoms with Crippen LogP contribution in [-0.2, 0) is 4.43 Å². The first-order valence-electron chi connectivity index (χ1n) is 4.98. The van der Waals surface area contributed by atoms with Gasteiger partial charge in [-0.05, 0) is 32.0 Å². The van der Waals surface area contributed by atoms with E-state index < -0.39 is 8.32 Å². The van der Waals surface area contributed by atoms with Crippen molar-refractivity contribution in [1.82, 2.24) is 0 Å². The molecule has 12 heavy (non-hydrogen) atoms. The summed E-state index contributed by atoms with van der Waals surface area (Å²) in [7, 11) is -1.31. The highest BCUT2D eigenvalue weighted by molar-refractivity contribution is 6.71. The van der Waals surface area contributed by atoms with Gasteiger partial charge in [0.15, 0.2) is 8.32 Å². The van der Waals surface area contributed by atoms with Crippen LogP contribution >= 0.6 is 0 Å². The van der Waals surface area contributed by atoms with E-state index in [1.807, 2.05) is 0 Å². The Morgan fingerprint density at radius 1 is 1.58 bits per heavy atom. The zero-order valence-electron chi connectivity index (χ0n) is 8.47. The minimum Gasteiger partial charge on any atom is -0.413 e. The fourth-order valence-electron chi connectivity index (χ4n) is 1.82. The molecule has 0 amide bonds. The van der Waals surface area contributed by atoms with Crippen LogP contribution in [0, 0.1) is 0 Å². The topological polar surface area (TPSA) is 35.2 Å². The van der Waals surface area contributed by atoms with Crippen molar-refractivity contribution in [3.8, 4) is 0 Å². The van der Waals surface area contributed by atoms with Crippen LogP contribution in [-0.4, -0.2) is 20.5 Å². The minimum atomic E-state index is -1.31. The van der Waals surface area contributed by atoms with E-state index >= 15 is 0 Å². The lowest BCUT2D eigenvalue weighted by molar-refractivity contribution is 0.131. The Bertz CT molecular complexity index is 149. The molecule has 72 valence electrons. The fraction of sp³-hybridized carbons (Fsp3) is 1.00. The second kappa shape index (κ2) is 3.90. The van der Waals surface area contributed by atoms with Gasteiger partial charge in [0.25, 0.3) is 0 Å². The third kappa shape index (κ3) is 2.57. The quantitative estimate of drug-likeness (QED) is 0.672. The van der Waals surface area contributed by atoms with E-state index in [-0.39, 0.29) is 6.04 Å². The predicted octanol–water partition coefficient (Wildman–Crippen LogP) is 2.11. The monoisotopic (exact) mass is 187 g/mol. The van der Waals surface area contributed by atoms with Gasteiger partial charge in [0.1, 0.15) is 0 Å². The summed E-state index contributed by atoms with van der Waals surface area (Å²) < 4.78 is 6.04. The smallest absolute Gasteiger partial charge is 0.187 e. The van der Waals surface area contributed by atoms with Crippen molar-refractivity contribution >= 4 is 8.32 Å². The first-order chi connectivity index (χ1) is 5.55. The molecule has 2 atom stereocenters. The average Bonchev–Trinajstić information content (AvgIpc) is 2.01. The highest BCUT2D eigenvalue weighted by Gasteiger charge is 2.32. The average molecular weight is 187 g/mol. The van der Waals surface area contributed by atoms with Crippen LogP contribution in [0.5, 0.6) is 0 Å². The molecule has 0 aromatic heterocycles. The maximum Gasteiger partial charge on any atom is 0.187 e. The summed E-state index contributed by atoms with van der Waals surface area (Å²) in [6.45, 7) is 6.72. The van der Waals surface area contributed by atoms with Crippen LogP contribution in [0.3, 0.4) is 0 Å². The SMILES string of the molecule is CCC(N)C1CCC[Si](C)(C)O1. The van der Waals surface area contributed by atoms with Crippen LogP contribution in [0.2, 0.25) is 19.1 Å². The molecule has 3 heteroatoms. The molecule has 0 spiro atoms. The van der Waals surface area contributed by atoms with Crippen LogP contribution in [0.1, 0.15) is 26.2 Å². The van der Waals surface area contributed by atoms with E-state index in [0.717, 1.165) is 6.42 Å². The van der Waals surface area contributed by atoms with Gasteiger partial charge in [-0.25, -0.2) is 0 Å². The van der Waals surface area contributed by atoms with E-state index in [0.29, 0.717) is 6.10 Å². The van der Waals surface area contributed by atoms with E-state index in [4.69, 9.17) is 10.2 Å². The largest absolute Gasteiger partial charge is 0.413 e. The van der Waals surface area contributed by atoms with Crippen molar-refractivity contribution in [2.45, 2.75) is 57.5 Å². The number of hydrogen-bond donors (Lipinski definition) is 1. The van der Waals surface area contributed by atoms with Crippen molar-refractivity contribution in [2.24, 2.45) is 5.73 Å². The summed E-state index contributed by atoms with van der Waals surface area (Å²) in [6, 6.07) is 1.57. The van der Waals surface area contributed by atoms with Crippen LogP contribution < -0.4 is 5.73 Å². The van der Waals surface area contributed by atoms with Crippen molar-refractivity contribution in [3.05, 3.63) is 0 Å². The number of hydrogen-bond acceptors (Lipinski definition) is 2. The fourth-order valence-corrected chi connectivity index (χ4v) is 4.11. The second-order valence-electron chi connectivity index (χ2n) is 4.38. The lowest BCUT2D eigenvalue weighted by atomic mass is 10.1. The summed E-state index contributed by atoms with van der Waals surface area (Å²) in [5, 5.41) is 0. The Balaban J connectivity index is 2.46.